The van der Waals surface area contributed by atoms with E-state index in [2.05, 4.69) is 17.2 Å². The Balaban J connectivity index is 1.72. The molecule has 0 fully saturated rings. The number of benzene rings is 1. The van der Waals surface area contributed by atoms with Gasteiger partial charge >= 0.3 is 0 Å². The van der Waals surface area contributed by atoms with Crippen LogP contribution in [0.2, 0.25) is 0 Å². The summed E-state index contributed by atoms with van der Waals surface area (Å²) in [7, 11) is 0. The van der Waals surface area contributed by atoms with Crippen LogP contribution in [0.1, 0.15) is 11.1 Å². The first kappa shape index (κ1) is 11.8. The standard InChI is InChI=1S/C15H16N2O2/c1-11-4-5-16-10-13(11)17-9-12-2-3-14-15(8-12)19-7-6-18-14/h2-5,8,10,17H,6-7,9H2,1H3. The molecule has 3 rings (SSSR count). The van der Waals surface area contributed by atoms with E-state index in [0.29, 0.717) is 13.2 Å². The number of rotatable bonds is 3. The van der Waals surface area contributed by atoms with Crippen LogP contribution in [-0.2, 0) is 6.54 Å². The zero-order chi connectivity index (χ0) is 13.1. The van der Waals surface area contributed by atoms with Crippen LogP contribution in [0.25, 0.3) is 0 Å². The molecule has 4 heteroatoms. The number of nitrogens with one attached hydrogen (secondary N) is 1. The summed E-state index contributed by atoms with van der Waals surface area (Å²) < 4.78 is 11.1. The van der Waals surface area contributed by atoms with E-state index in [1.165, 1.54) is 5.56 Å². The number of aryl methyl sites for hydroxylation is 1. The fourth-order valence-electron chi connectivity index (χ4n) is 2.04. The molecule has 0 radical (unpaired) electrons. The maximum Gasteiger partial charge on any atom is 0.161 e. The normalized spacial score (nSPS) is 13.1. The molecular weight excluding hydrogens is 240 g/mol. The number of aromatic nitrogens is 1. The predicted molar refractivity (Wildman–Crippen MR) is 73.7 cm³/mol. The van der Waals surface area contributed by atoms with Gasteiger partial charge in [-0.3, -0.25) is 4.98 Å². The van der Waals surface area contributed by atoms with E-state index in [9.17, 15) is 0 Å². The van der Waals surface area contributed by atoms with Crippen LogP contribution in [0.5, 0.6) is 11.5 Å². The lowest BCUT2D eigenvalue weighted by Gasteiger charge is -2.19. The number of pyridine rings is 1. The first-order valence-corrected chi connectivity index (χ1v) is 6.36. The van der Waals surface area contributed by atoms with Gasteiger partial charge in [-0.05, 0) is 36.2 Å². The molecule has 0 spiro atoms. The predicted octanol–water partition coefficient (Wildman–Crippen LogP) is 2.77. The van der Waals surface area contributed by atoms with Crippen molar-refractivity contribution in [1.82, 2.24) is 4.98 Å². The van der Waals surface area contributed by atoms with Gasteiger partial charge in [0.05, 0.1) is 11.9 Å². The van der Waals surface area contributed by atoms with Crippen molar-refractivity contribution >= 4 is 5.69 Å². The number of nitrogens with zero attached hydrogens (tertiary/aromatic N) is 1. The number of anilines is 1. The van der Waals surface area contributed by atoms with E-state index in [1.54, 1.807) is 6.20 Å². The lowest BCUT2D eigenvalue weighted by atomic mass is 10.2. The lowest BCUT2D eigenvalue weighted by molar-refractivity contribution is 0.171. The van der Waals surface area contributed by atoms with Gasteiger partial charge in [0.15, 0.2) is 11.5 Å². The van der Waals surface area contributed by atoms with Crippen molar-refractivity contribution in [1.29, 1.82) is 0 Å². The van der Waals surface area contributed by atoms with Crippen molar-refractivity contribution in [3.05, 3.63) is 47.8 Å². The fraction of sp³-hybridized carbons (Fsp3) is 0.267. The highest BCUT2D eigenvalue weighted by molar-refractivity contribution is 5.49. The van der Waals surface area contributed by atoms with E-state index in [0.717, 1.165) is 29.3 Å². The Morgan fingerprint density at radius 1 is 1.16 bits per heavy atom. The van der Waals surface area contributed by atoms with Crippen molar-refractivity contribution in [3.63, 3.8) is 0 Å². The van der Waals surface area contributed by atoms with Crippen LogP contribution in [-0.4, -0.2) is 18.2 Å². The summed E-state index contributed by atoms with van der Waals surface area (Å²) in [6, 6.07) is 8.02. The highest BCUT2D eigenvalue weighted by atomic mass is 16.6. The molecule has 98 valence electrons. The van der Waals surface area contributed by atoms with Gasteiger partial charge in [0, 0.05) is 12.7 Å². The van der Waals surface area contributed by atoms with Crippen LogP contribution in [0, 0.1) is 6.92 Å². The van der Waals surface area contributed by atoms with Gasteiger partial charge in [0.1, 0.15) is 13.2 Å². The largest absolute Gasteiger partial charge is 0.486 e. The molecule has 0 amide bonds. The minimum Gasteiger partial charge on any atom is -0.486 e. The molecule has 0 bridgehead atoms. The van der Waals surface area contributed by atoms with Gasteiger partial charge in [0.2, 0.25) is 0 Å². The number of fused-ring (bicyclic) bond motifs is 1. The van der Waals surface area contributed by atoms with Gasteiger partial charge in [-0.25, -0.2) is 0 Å². The second-order valence-corrected chi connectivity index (χ2v) is 4.52. The number of ether oxygens (including phenoxy) is 2. The molecule has 0 atom stereocenters. The molecule has 0 aliphatic carbocycles. The second kappa shape index (κ2) is 5.18. The Hall–Kier alpha value is -2.23. The molecule has 0 saturated heterocycles. The molecular formula is C15H16N2O2. The Bertz CT molecular complexity index is 584. The first-order valence-electron chi connectivity index (χ1n) is 6.36. The van der Waals surface area contributed by atoms with Crippen LogP contribution < -0.4 is 14.8 Å². The van der Waals surface area contributed by atoms with Gasteiger partial charge in [-0.15, -0.1) is 0 Å². The monoisotopic (exact) mass is 256 g/mol. The Labute approximate surface area is 112 Å². The van der Waals surface area contributed by atoms with E-state index >= 15 is 0 Å². The summed E-state index contributed by atoms with van der Waals surface area (Å²) >= 11 is 0. The zero-order valence-electron chi connectivity index (χ0n) is 10.8. The third-order valence-electron chi connectivity index (χ3n) is 3.13. The molecule has 19 heavy (non-hydrogen) atoms. The number of hydrogen-bond acceptors (Lipinski definition) is 4. The van der Waals surface area contributed by atoms with E-state index in [4.69, 9.17) is 9.47 Å². The highest BCUT2D eigenvalue weighted by Gasteiger charge is 2.11. The Kier molecular flexibility index (Phi) is 3.23. The highest BCUT2D eigenvalue weighted by Crippen LogP contribution is 2.30. The molecule has 1 aromatic heterocycles. The smallest absolute Gasteiger partial charge is 0.161 e. The molecule has 0 saturated carbocycles. The van der Waals surface area contributed by atoms with Gasteiger partial charge < -0.3 is 14.8 Å². The third kappa shape index (κ3) is 2.62. The second-order valence-electron chi connectivity index (χ2n) is 4.52. The van der Waals surface area contributed by atoms with Crippen molar-refractivity contribution in [2.75, 3.05) is 18.5 Å². The van der Waals surface area contributed by atoms with Gasteiger partial charge in [-0.1, -0.05) is 6.07 Å². The summed E-state index contributed by atoms with van der Waals surface area (Å²) in [5, 5.41) is 3.38. The Morgan fingerprint density at radius 3 is 2.84 bits per heavy atom. The van der Waals surface area contributed by atoms with Gasteiger partial charge in [-0.2, -0.15) is 0 Å². The maximum atomic E-state index is 5.57. The molecule has 2 heterocycles. The number of hydrogen-bond donors (Lipinski definition) is 1. The molecule has 1 aliphatic rings. The minimum absolute atomic E-state index is 0.617. The molecule has 4 nitrogen and oxygen atoms in total. The molecule has 0 unspecified atom stereocenters. The maximum absolute atomic E-state index is 5.57. The third-order valence-corrected chi connectivity index (χ3v) is 3.13. The first-order chi connectivity index (χ1) is 9.33. The van der Waals surface area contributed by atoms with Crippen LogP contribution in [0.15, 0.2) is 36.7 Å². The van der Waals surface area contributed by atoms with Crippen molar-refractivity contribution < 1.29 is 9.47 Å². The van der Waals surface area contributed by atoms with Crippen LogP contribution in [0.4, 0.5) is 5.69 Å². The SMILES string of the molecule is Cc1ccncc1NCc1ccc2c(c1)OCCO2. The molecule has 1 aliphatic heterocycles. The average Bonchev–Trinajstić information content (AvgIpc) is 2.46. The molecule has 2 aromatic rings. The molecule has 1 N–H and O–H groups in total. The van der Waals surface area contributed by atoms with E-state index in [1.807, 2.05) is 30.5 Å². The minimum atomic E-state index is 0.617. The quantitative estimate of drug-likeness (QED) is 0.917. The summed E-state index contributed by atoms with van der Waals surface area (Å²) in [6.07, 6.45) is 3.64. The lowest BCUT2D eigenvalue weighted by Crippen LogP contribution is -2.15. The van der Waals surface area contributed by atoms with E-state index in [-0.39, 0.29) is 0 Å². The van der Waals surface area contributed by atoms with E-state index < -0.39 is 0 Å². The van der Waals surface area contributed by atoms with Gasteiger partial charge in [0.25, 0.3) is 0 Å². The Morgan fingerprint density at radius 2 is 2.00 bits per heavy atom. The fourth-order valence-corrected chi connectivity index (χ4v) is 2.04. The topological polar surface area (TPSA) is 43.4 Å². The summed E-state index contributed by atoms with van der Waals surface area (Å²) in [4.78, 5) is 4.12. The summed E-state index contributed by atoms with van der Waals surface area (Å²) in [5.74, 6) is 1.65. The van der Waals surface area contributed by atoms with Crippen LogP contribution >= 0.6 is 0 Å². The average molecular weight is 256 g/mol. The van der Waals surface area contributed by atoms with Crippen molar-refractivity contribution in [2.45, 2.75) is 13.5 Å². The zero-order valence-corrected chi connectivity index (χ0v) is 10.8. The van der Waals surface area contributed by atoms with Crippen LogP contribution in [0.3, 0.4) is 0 Å². The molecule has 1 aromatic carbocycles. The summed E-state index contributed by atoms with van der Waals surface area (Å²) in [5.41, 5.74) is 3.40. The van der Waals surface area contributed by atoms with Crippen molar-refractivity contribution in [3.8, 4) is 11.5 Å². The van der Waals surface area contributed by atoms with Crippen molar-refractivity contribution in [2.24, 2.45) is 0 Å². The summed E-state index contributed by atoms with van der Waals surface area (Å²) in [6.45, 7) is 4.04.